The zero-order valence-electron chi connectivity index (χ0n) is 44.8. The minimum absolute atomic E-state index is 0.895. The molecule has 0 bridgehead atoms. The minimum atomic E-state index is 0.895. The van der Waals surface area contributed by atoms with Crippen LogP contribution in [0.5, 0.6) is 0 Å². The summed E-state index contributed by atoms with van der Waals surface area (Å²) in [5.74, 6) is 0. The van der Waals surface area contributed by atoms with E-state index in [2.05, 4.69) is 280 Å². The Balaban J connectivity index is 0.879. The van der Waals surface area contributed by atoms with E-state index < -0.39 is 0 Å². The maximum absolute atomic E-state index is 6.81. The molecule has 4 nitrogen and oxygen atoms in total. The van der Waals surface area contributed by atoms with Gasteiger partial charge in [-0.05, 0) is 165 Å². The molecular weight excluding hydrogens is 973 g/mol. The van der Waals surface area contributed by atoms with E-state index in [1.165, 1.54) is 87.5 Å². The summed E-state index contributed by atoms with van der Waals surface area (Å²) < 4.78 is 13.6. The van der Waals surface area contributed by atoms with Gasteiger partial charge < -0.3 is 18.6 Å². The SMILES string of the molecule is Cc1cccc(C)c1N(c1cccc(-c2cccc3c2oc2cc4ccccc4cc23)c1)c1ccc2ccc3c(N(c4cccc(-c5cccc6c5oc5cc7ccccc7cc56)c4)c4c(C)cccc4C)ccc4ccc1c2c43. The van der Waals surface area contributed by atoms with Crippen LogP contribution >= 0.6 is 0 Å². The van der Waals surface area contributed by atoms with Crippen molar-refractivity contribution < 1.29 is 8.83 Å². The second-order valence-corrected chi connectivity index (χ2v) is 21.8. The number of nitrogens with zero attached hydrogens (tertiary/aromatic N) is 2. The van der Waals surface area contributed by atoms with Crippen LogP contribution in [0.1, 0.15) is 22.3 Å². The van der Waals surface area contributed by atoms with Crippen molar-refractivity contribution in [2.45, 2.75) is 27.7 Å². The van der Waals surface area contributed by atoms with Crippen molar-refractivity contribution in [3.8, 4) is 22.3 Å². The summed E-state index contributed by atoms with van der Waals surface area (Å²) in [7, 11) is 0. The second-order valence-electron chi connectivity index (χ2n) is 21.8. The Bertz CT molecular complexity index is 4850. The van der Waals surface area contributed by atoms with Gasteiger partial charge in [0.1, 0.15) is 22.3 Å². The van der Waals surface area contributed by atoms with Gasteiger partial charge in [0.2, 0.25) is 0 Å². The Morgan fingerprint density at radius 2 is 0.650 bits per heavy atom. The predicted molar refractivity (Wildman–Crippen MR) is 339 cm³/mol. The first-order valence-corrected chi connectivity index (χ1v) is 27.6. The summed E-state index contributed by atoms with van der Waals surface area (Å²) in [6.07, 6.45) is 0. The van der Waals surface area contributed by atoms with Gasteiger partial charge in [-0.3, -0.25) is 0 Å². The van der Waals surface area contributed by atoms with Crippen LogP contribution in [-0.4, -0.2) is 0 Å². The van der Waals surface area contributed by atoms with E-state index in [9.17, 15) is 0 Å². The van der Waals surface area contributed by atoms with E-state index in [0.717, 1.165) is 88.9 Å². The molecule has 0 aliphatic rings. The largest absolute Gasteiger partial charge is 0.455 e. The lowest BCUT2D eigenvalue weighted by molar-refractivity contribution is 0.670. The van der Waals surface area contributed by atoms with E-state index in [-0.39, 0.29) is 0 Å². The van der Waals surface area contributed by atoms with Crippen LogP contribution < -0.4 is 9.80 Å². The van der Waals surface area contributed by atoms with Crippen LogP contribution in [0.2, 0.25) is 0 Å². The maximum Gasteiger partial charge on any atom is 0.143 e. The number of hydrogen-bond donors (Lipinski definition) is 0. The monoisotopic (exact) mass is 1020 g/mol. The molecule has 0 aliphatic carbocycles. The number of aryl methyl sites for hydroxylation is 4. The molecule has 0 amide bonds. The molecule has 0 radical (unpaired) electrons. The number of para-hydroxylation sites is 4. The highest BCUT2D eigenvalue weighted by atomic mass is 16.3. The molecule has 0 unspecified atom stereocenters. The number of benzene rings is 14. The quantitative estimate of drug-likeness (QED) is 0.142. The average molecular weight is 1030 g/mol. The number of anilines is 6. The molecule has 2 aromatic heterocycles. The Morgan fingerprint density at radius 3 is 1.07 bits per heavy atom. The van der Waals surface area contributed by atoms with Gasteiger partial charge in [-0.2, -0.15) is 0 Å². The lowest BCUT2D eigenvalue weighted by Crippen LogP contribution is -2.14. The van der Waals surface area contributed by atoms with Gasteiger partial charge in [0.25, 0.3) is 0 Å². The second kappa shape index (κ2) is 17.7. The van der Waals surface area contributed by atoms with E-state index in [4.69, 9.17) is 8.83 Å². The van der Waals surface area contributed by atoms with E-state index in [1.54, 1.807) is 0 Å². The highest BCUT2D eigenvalue weighted by molar-refractivity contribution is 6.28. The third-order valence-corrected chi connectivity index (χ3v) is 17.0. The average Bonchev–Trinajstić information content (AvgIpc) is 4.11. The molecule has 0 fully saturated rings. The number of fused-ring (bicyclic) bond motifs is 8. The summed E-state index contributed by atoms with van der Waals surface area (Å²) in [6, 6.07) is 88.9. The third-order valence-electron chi connectivity index (χ3n) is 17.0. The zero-order chi connectivity index (χ0) is 53.3. The third kappa shape index (κ3) is 7.02. The van der Waals surface area contributed by atoms with Crippen molar-refractivity contribution in [1.29, 1.82) is 0 Å². The van der Waals surface area contributed by atoms with Gasteiger partial charge in [0.05, 0.1) is 22.7 Å². The molecule has 80 heavy (non-hydrogen) atoms. The van der Waals surface area contributed by atoms with Gasteiger partial charge >= 0.3 is 0 Å². The van der Waals surface area contributed by atoms with Gasteiger partial charge in [0.15, 0.2) is 0 Å². The van der Waals surface area contributed by atoms with Crippen molar-refractivity contribution >= 4 is 132 Å². The summed E-state index contributed by atoms with van der Waals surface area (Å²) >= 11 is 0. The number of hydrogen-bond acceptors (Lipinski definition) is 4. The van der Waals surface area contributed by atoms with Gasteiger partial charge in [-0.15, -0.1) is 0 Å². The molecule has 4 heteroatoms. The van der Waals surface area contributed by atoms with Crippen molar-refractivity contribution in [2.24, 2.45) is 0 Å². The maximum atomic E-state index is 6.81. The normalized spacial score (nSPS) is 12.0. The Kier molecular flexibility index (Phi) is 10.2. The Hall–Kier alpha value is -10.2. The molecule has 16 aromatic rings. The first-order valence-electron chi connectivity index (χ1n) is 27.6. The zero-order valence-corrected chi connectivity index (χ0v) is 44.8. The van der Waals surface area contributed by atoms with Crippen LogP contribution in [0.25, 0.3) is 120 Å². The molecule has 14 aromatic carbocycles. The Labute approximate surface area is 462 Å². The van der Waals surface area contributed by atoms with Crippen LogP contribution in [-0.2, 0) is 0 Å². The van der Waals surface area contributed by atoms with Crippen molar-refractivity contribution in [3.05, 3.63) is 265 Å². The van der Waals surface area contributed by atoms with Crippen LogP contribution in [0.4, 0.5) is 34.1 Å². The molecule has 0 N–H and O–H groups in total. The summed E-state index contributed by atoms with van der Waals surface area (Å²) in [6.45, 7) is 8.93. The molecule has 0 saturated heterocycles. The summed E-state index contributed by atoms with van der Waals surface area (Å²) in [4.78, 5) is 4.98. The minimum Gasteiger partial charge on any atom is -0.455 e. The predicted octanol–water partition coefficient (Wildman–Crippen LogP) is 22.2. The molecule has 2 heterocycles. The van der Waals surface area contributed by atoms with E-state index >= 15 is 0 Å². The van der Waals surface area contributed by atoms with Gasteiger partial charge in [0, 0.05) is 54.8 Å². The van der Waals surface area contributed by atoms with Crippen molar-refractivity contribution in [1.82, 2.24) is 0 Å². The highest BCUT2D eigenvalue weighted by Gasteiger charge is 2.26. The first-order chi connectivity index (χ1) is 39.3. The standard InChI is InChI=1S/C76H52N2O2/c1-45-15-9-16-46(2)73(45)77(57-25-11-23-55(39-57)59-27-13-29-61-65-41-51-19-5-7-21-53(51)43-69(65)79-75(59)61)67-37-33-49-32-36-64-68(38-34-50-31-35-63(67)71(49)72(50)64)78(74-47(3)17-10-18-48(74)4)58-26-12-24-56(40-58)60-28-14-30-62-66-42-52-20-6-8-22-54(52)44-70(66)80-76(60)62/h5-44H,1-4H3. The fourth-order valence-corrected chi connectivity index (χ4v) is 13.3. The molecule has 0 saturated carbocycles. The first kappa shape index (κ1) is 46.0. The fraction of sp³-hybridized carbons (Fsp3) is 0.0526. The topological polar surface area (TPSA) is 32.8 Å². The van der Waals surface area contributed by atoms with Crippen LogP contribution in [0, 0.1) is 27.7 Å². The molecule has 0 spiro atoms. The van der Waals surface area contributed by atoms with Crippen molar-refractivity contribution in [3.63, 3.8) is 0 Å². The van der Waals surface area contributed by atoms with Crippen LogP contribution in [0.3, 0.4) is 0 Å². The summed E-state index contributed by atoms with van der Waals surface area (Å²) in [5, 5.41) is 16.5. The smallest absolute Gasteiger partial charge is 0.143 e. The summed E-state index contributed by atoms with van der Waals surface area (Å²) in [5.41, 5.74) is 19.4. The van der Waals surface area contributed by atoms with Gasteiger partial charge in [-0.25, -0.2) is 0 Å². The van der Waals surface area contributed by atoms with E-state index in [0.29, 0.717) is 0 Å². The molecular formula is C76H52N2O2. The number of furan rings is 2. The lowest BCUT2D eigenvalue weighted by Gasteiger charge is -2.32. The highest BCUT2D eigenvalue weighted by Crippen LogP contribution is 2.51. The molecule has 0 atom stereocenters. The van der Waals surface area contributed by atoms with Crippen molar-refractivity contribution in [2.75, 3.05) is 9.80 Å². The van der Waals surface area contributed by atoms with Crippen LogP contribution in [0.15, 0.2) is 251 Å². The van der Waals surface area contributed by atoms with E-state index in [1.807, 2.05) is 0 Å². The Morgan fingerprint density at radius 1 is 0.275 bits per heavy atom. The lowest BCUT2D eigenvalue weighted by atomic mass is 9.91. The number of rotatable bonds is 8. The molecule has 378 valence electrons. The molecule has 0 aliphatic heterocycles. The van der Waals surface area contributed by atoms with Gasteiger partial charge in [-0.1, -0.05) is 182 Å². The molecule has 16 rings (SSSR count). The fourth-order valence-electron chi connectivity index (χ4n) is 13.3.